The number of hydrogen-bond acceptors (Lipinski definition) is 1. The summed E-state index contributed by atoms with van der Waals surface area (Å²) in [7, 11) is 0. The number of carboxylic acid groups (broad SMARTS) is 1. The highest BCUT2D eigenvalue weighted by atomic mass is 16.4. The third-order valence-electron chi connectivity index (χ3n) is 7.89. The van der Waals surface area contributed by atoms with Crippen LogP contribution in [0.5, 0.6) is 0 Å². The van der Waals surface area contributed by atoms with Crippen molar-refractivity contribution in [2.24, 2.45) is 17.8 Å². The van der Waals surface area contributed by atoms with Crippen molar-refractivity contribution >= 4 is 5.97 Å². The summed E-state index contributed by atoms with van der Waals surface area (Å²) in [5.41, 5.74) is 3.44. The Hall–Kier alpha value is -1.31. The van der Waals surface area contributed by atoms with Crippen molar-refractivity contribution in [3.8, 4) is 0 Å². The van der Waals surface area contributed by atoms with E-state index in [0.717, 1.165) is 37.5 Å². The summed E-state index contributed by atoms with van der Waals surface area (Å²) < 4.78 is 0. The Morgan fingerprint density at radius 1 is 0.929 bits per heavy atom. The maximum atomic E-state index is 11.2. The zero-order valence-corrected chi connectivity index (χ0v) is 18.1. The molecular weight excluding hydrogens is 344 g/mol. The number of benzene rings is 1. The molecule has 28 heavy (non-hydrogen) atoms. The standard InChI is InChI=1S/C26H40O2/c1-3-5-17-26(24-13-7-20(6-4-2)8-14-24)18-15-22(16-19-26)21-9-11-23(12-10-21)25(27)28/h7-8,13-14,21-23H,3-6,9-12,15-19H2,1-2H3,(H,27,28). The summed E-state index contributed by atoms with van der Waals surface area (Å²) in [6.45, 7) is 4.56. The molecule has 156 valence electrons. The Balaban J connectivity index is 1.64. The van der Waals surface area contributed by atoms with Crippen LogP contribution in [-0.4, -0.2) is 11.1 Å². The summed E-state index contributed by atoms with van der Waals surface area (Å²) in [5, 5.41) is 9.27. The molecule has 0 radical (unpaired) electrons. The third-order valence-corrected chi connectivity index (χ3v) is 7.89. The lowest BCUT2D eigenvalue weighted by molar-refractivity contribution is -0.143. The maximum Gasteiger partial charge on any atom is 0.306 e. The van der Waals surface area contributed by atoms with E-state index in [2.05, 4.69) is 38.1 Å². The molecule has 0 atom stereocenters. The average Bonchev–Trinajstić information content (AvgIpc) is 2.73. The predicted molar refractivity (Wildman–Crippen MR) is 117 cm³/mol. The molecule has 0 aromatic heterocycles. The van der Waals surface area contributed by atoms with Gasteiger partial charge in [0.05, 0.1) is 5.92 Å². The Morgan fingerprint density at radius 3 is 2.07 bits per heavy atom. The van der Waals surface area contributed by atoms with Gasteiger partial charge in [-0.3, -0.25) is 4.79 Å². The van der Waals surface area contributed by atoms with Crippen LogP contribution >= 0.6 is 0 Å². The first-order valence-corrected chi connectivity index (χ1v) is 11.9. The molecule has 2 aliphatic carbocycles. The molecule has 0 spiro atoms. The molecule has 2 heteroatoms. The Morgan fingerprint density at radius 2 is 1.54 bits per heavy atom. The van der Waals surface area contributed by atoms with Crippen LogP contribution in [0.3, 0.4) is 0 Å². The number of unbranched alkanes of at least 4 members (excludes halogenated alkanes) is 1. The van der Waals surface area contributed by atoms with Crippen LogP contribution in [0.4, 0.5) is 0 Å². The van der Waals surface area contributed by atoms with Crippen LogP contribution in [0.15, 0.2) is 24.3 Å². The van der Waals surface area contributed by atoms with Crippen molar-refractivity contribution in [2.45, 2.75) is 103 Å². The van der Waals surface area contributed by atoms with Crippen LogP contribution < -0.4 is 0 Å². The second-order valence-corrected chi connectivity index (χ2v) is 9.62. The van der Waals surface area contributed by atoms with Crippen molar-refractivity contribution in [3.05, 3.63) is 35.4 Å². The molecule has 2 fully saturated rings. The van der Waals surface area contributed by atoms with Crippen molar-refractivity contribution < 1.29 is 9.90 Å². The van der Waals surface area contributed by atoms with E-state index >= 15 is 0 Å². The zero-order valence-electron chi connectivity index (χ0n) is 18.1. The van der Waals surface area contributed by atoms with Crippen LogP contribution in [0, 0.1) is 17.8 Å². The molecular formula is C26H40O2. The second kappa shape index (κ2) is 9.94. The molecule has 0 aliphatic heterocycles. The maximum absolute atomic E-state index is 11.2. The van der Waals surface area contributed by atoms with E-state index < -0.39 is 5.97 Å². The van der Waals surface area contributed by atoms with Gasteiger partial charge in [0.25, 0.3) is 0 Å². The van der Waals surface area contributed by atoms with Crippen molar-refractivity contribution in [1.82, 2.24) is 0 Å². The van der Waals surface area contributed by atoms with Crippen LogP contribution in [0.2, 0.25) is 0 Å². The second-order valence-electron chi connectivity index (χ2n) is 9.62. The van der Waals surface area contributed by atoms with E-state index in [9.17, 15) is 9.90 Å². The van der Waals surface area contributed by atoms with Gasteiger partial charge in [-0.15, -0.1) is 0 Å². The molecule has 0 bridgehead atoms. The van der Waals surface area contributed by atoms with E-state index in [-0.39, 0.29) is 5.92 Å². The van der Waals surface area contributed by atoms with Gasteiger partial charge in [0, 0.05) is 0 Å². The third kappa shape index (κ3) is 4.99. The molecule has 1 N–H and O–H groups in total. The molecule has 1 aromatic carbocycles. The van der Waals surface area contributed by atoms with Gasteiger partial charge in [-0.2, -0.15) is 0 Å². The molecule has 3 rings (SSSR count). The minimum Gasteiger partial charge on any atom is -0.481 e. The molecule has 2 nitrogen and oxygen atoms in total. The van der Waals surface area contributed by atoms with Crippen molar-refractivity contribution in [2.75, 3.05) is 0 Å². The Kier molecular flexibility index (Phi) is 7.60. The first-order chi connectivity index (χ1) is 13.6. The van der Waals surface area contributed by atoms with Gasteiger partial charge in [-0.1, -0.05) is 57.4 Å². The number of aryl methyl sites for hydroxylation is 1. The Bertz CT molecular complexity index is 602. The minimum absolute atomic E-state index is 0.0786. The van der Waals surface area contributed by atoms with E-state index in [0.29, 0.717) is 5.41 Å². The zero-order chi connectivity index (χ0) is 20.0. The van der Waals surface area contributed by atoms with Gasteiger partial charge >= 0.3 is 5.97 Å². The van der Waals surface area contributed by atoms with Crippen LogP contribution in [0.25, 0.3) is 0 Å². The van der Waals surface area contributed by atoms with Gasteiger partial charge in [0.1, 0.15) is 0 Å². The monoisotopic (exact) mass is 384 g/mol. The highest BCUT2D eigenvalue weighted by Crippen LogP contribution is 2.49. The van der Waals surface area contributed by atoms with Crippen molar-refractivity contribution in [3.63, 3.8) is 0 Å². The quantitative estimate of drug-likeness (QED) is 0.517. The van der Waals surface area contributed by atoms with E-state index in [4.69, 9.17) is 0 Å². The molecule has 2 aliphatic rings. The number of carbonyl (C=O) groups is 1. The van der Waals surface area contributed by atoms with Crippen LogP contribution in [0.1, 0.15) is 102 Å². The first-order valence-electron chi connectivity index (χ1n) is 11.9. The lowest BCUT2D eigenvalue weighted by atomic mass is 9.61. The van der Waals surface area contributed by atoms with Crippen molar-refractivity contribution in [1.29, 1.82) is 0 Å². The molecule has 0 heterocycles. The molecule has 0 amide bonds. The largest absolute Gasteiger partial charge is 0.481 e. The van der Waals surface area contributed by atoms with Crippen LogP contribution in [-0.2, 0) is 16.6 Å². The lowest BCUT2D eigenvalue weighted by Crippen LogP contribution is -2.35. The predicted octanol–water partition coefficient (Wildman–Crippen LogP) is 7.15. The van der Waals surface area contributed by atoms with Gasteiger partial charge in [-0.25, -0.2) is 0 Å². The summed E-state index contributed by atoms with van der Waals surface area (Å²) in [5.74, 6) is 0.938. The molecule has 1 aromatic rings. The van der Waals surface area contributed by atoms with E-state index in [1.54, 1.807) is 5.56 Å². The van der Waals surface area contributed by atoms with Gasteiger partial charge < -0.3 is 5.11 Å². The Labute approximate surface area is 172 Å². The highest BCUT2D eigenvalue weighted by Gasteiger charge is 2.39. The number of carboxylic acids is 1. The highest BCUT2D eigenvalue weighted by molar-refractivity contribution is 5.69. The van der Waals surface area contributed by atoms with Gasteiger partial charge in [0.2, 0.25) is 0 Å². The molecule has 0 unspecified atom stereocenters. The molecule has 0 saturated heterocycles. The average molecular weight is 385 g/mol. The first kappa shape index (κ1) is 21.4. The number of rotatable bonds is 8. The fourth-order valence-electron chi connectivity index (χ4n) is 6.01. The van der Waals surface area contributed by atoms with E-state index in [1.165, 1.54) is 63.4 Å². The molecule has 2 saturated carbocycles. The summed E-state index contributed by atoms with van der Waals surface area (Å²) in [6, 6.07) is 9.59. The van der Waals surface area contributed by atoms with Gasteiger partial charge in [0.15, 0.2) is 0 Å². The van der Waals surface area contributed by atoms with Gasteiger partial charge in [-0.05, 0) is 92.6 Å². The number of hydrogen-bond donors (Lipinski definition) is 1. The summed E-state index contributed by atoms with van der Waals surface area (Å²) in [6.07, 6.45) is 15.7. The van der Waals surface area contributed by atoms with E-state index in [1.807, 2.05) is 0 Å². The SMILES string of the molecule is CCCCC1(c2ccc(CCC)cc2)CCC(C2CCC(C(=O)O)CC2)CC1. The topological polar surface area (TPSA) is 37.3 Å². The number of aliphatic carboxylic acids is 1. The summed E-state index contributed by atoms with van der Waals surface area (Å²) in [4.78, 5) is 11.2. The lowest BCUT2D eigenvalue weighted by Gasteiger charge is -2.44. The minimum atomic E-state index is -0.577. The normalized spacial score (nSPS) is 30.9. The summed E-state index contributed by atoms with van der Waals surface area (Å²) >= 11 is 0. The fraction of sp³-hybridized carbons (Fsp3) is 0.731. The fourth-order valence-corrected chi connectivity index (χ4v) is 6.01. The smallest absolute Gasteiger partial charge is 0.306 e.